The zero-order chi connectivity index (χ0) is 12.2. The molecule has 0 saturated carbocycles. The second-order valence-electron chi connectivity index (χ2n) is 5.08. The van der Waals surface area contributed by atoms with Crippen molar-refractivity contribution in [3.63, 3.8) is 0 Å². The average molecular weight is 228 g/mol. The standard InChI is InChI=1S/C12H24N2O2/c1-3-5-10(8-13)11(15)14-7-4-6-12(2,16)9-14/h10,16H,3-9,13H2,1-2H3. The van der Waals surface area contributed by atoms with Crippen LogP contribution in [0.2, 0.25) is 0 Å². The van der Waals surface area contributed by atoms with Crippen LogP contribution >= 0.6 is 0 Å². The van der Waals surface area contributed by atoms with Gasteiger partial charge in [0.25, 0.3) is 0 Å². The van der Waals surface area contributed by atoms with Crippen LogP contribution in [0.3, 0.4) is 0 Å². The fourth-order valence-electron chi connectivity index (χ4n) is 2.36. The number of likely N-dealkylation sites (tertiary alicyclic amines) is 1. The van der Waals surface area contributed by atoms with Gasteiger partial charge in [0.05, 0.1) is 11.5 Å². The van der Waals surface area contributed by atoms with Gasteiger partial charge in [-0.15, -0.1) is 0 Å². The predicted molar refractivity (Wildman–Crippen MR) is 63.9 cm³/mol. The van der Waals surface area contributed by atoms with Crippen molar-refractivity contribution in [3.8, 4) is 0 Å². The number of aliphatic hydroxyl groups is 1. The highest BCUT2D eigenvalue weighted by molar-refractivity contribution is 5.79. The number of piperidine rings is 1. The summed E-state index contributed by atoms with van der Waals surface area (Å²) in [6.45, 7) is 5.47. The van der Waals surface area contributed by atoms with Gasteiger partial charge in [-0.2, -0.15) is 0 Å². The second-order valence-corrected chi connectivity index (χ2v) is 5.08. The normalized spacial score (nSPS) is 27.9. The second kappa shape index (κ2) is 5.64. The van der Waals surface area contributed by atoms with E-state index in [2.05, 4.69) is 6.92 Å². The van der Waals surface area contributed by atoms with Gasteiger partial charge in [0.15, 0.2) is 0 Å². The van der Waals surface area contributed by atoms with Crippen LogP contribution in [0, 0.1) is 5.92 Å². The zero-order valence-corrected chi connectivity index (χ0v) is 10.4. The summed E-state index contributed by atoms with van der Waals surface area (Å²) in [5.74, 6) is 0.0447. The van der Waals surface area contributed by atoms with Crippen LogP contribution in [0.25, 0.3) is 0 Å². The first kappa shape index (κ1) is 13.5. The highest BCUT2D eigenvalue weighted by atomic mass is 16.3. The fraction of sp³-hybridized carbons (Fsp3) is 0.917. The maximum atomic E-state index is 12.1. The minimum atomic E-state index is -0.723. The molecular formula is C12H24N2O2. The molecule has 0 aliphatic carbocycles. The molecule has 0 bridgehead atoms. The number of carbonyl (C=O) groups excluding carboxylic acids is 1. The lowest BCUT2D eigenvalue weighted by Crippen LogP contribution is -2.51. The summed E-state index contributed by atoms with van der Waals surface area (Å²) < 4.78 is 0. The highest BCUT2D eigenvalue weighted by Gasteiger charge is 2.33. The largest absolute Gasteiger partial charge is 0.388 e. The predicted octanol–water partition coefficient (Wildman–Crippen LogP) is 0.735. The molecule has 0 aromatic heterocycles. The Morgan fingerprint density at radius 2 is 2.31 bits per heavy atom. The minimum Gasteiger partial charge on any atom is -0.388 e. The van der Waals surface area contributed by atoms with E-state index in [0.29, 0.717) is 13.1 Å². The van der Waals surface area contributed by atoms with Gasteiger partial charge in [-0.1, -0.05) is 13.3 Å². The van der Waals surface area contributed by atoms with Crippen molar-refractivity contribution in [1.82, 2.24) is 4.90 Å². The van der Waals surface area contributed by atoms with Crippen LogP contribution in [-0.2, 0) is 4.79 Å². The monoisotopic (exact) mass is 228 g/mol. The van der Waals surface area contributed by atoms with Crippen molar-refractivity contribution >= 4 is 5.91 Å². The van der Waals surface area contributed by atoms with Gasteiger partial charge in [-0.05, 0) is 26.2 Å². The highest BCUT2D eigenvalue weighted by Crippen LogP contribution is 2.22. The number of β-amino-alcohol motifs (C(OH)–C–C–N with tert-alkyl or cyclic N) is 1. The van der Waals surface area contributed by atoms with Crippen molar-refractivity contribution in [2.45, 2.75) is 45.1 Å². The van der Waals surface area contributed by atoms with Gasteiger partial charge < -0.3 is 15.7 Å². The van der Waals surface area contributed by atoms with Gasteiger partial charge in [-0.25, -0.2) is 0 Å². The van der Waals surface area contributed by atoms with E-state index >= 15 is 0 Å². The van der Waals surface area contributed by atoms with Crippen LogP contribution in [0.5, 0.6) is 0 Å². The molecule has 1 fully saturated rings. The molecule has 94 valence electrons. The number of carbonyl (C=O) groups is 1. The van der Waals surface area contributed by atoms with Crippen molar-refractivity contribution in [2.75, 3.05) is 19.6 Å². The Labute approximate surface area is 97.8 Å². The average Bonchev–Trinajstić information content (AvgIpc) is 2.23. The summed E-state index contributed by atoms with van der Waals surface area (Å²) >= 11 is 0. The lowest BCUT2D eigenvalue weighted by molar-refractivity contribution is -0.141. The summed E-state index contributed by atoms with van der Waals surface area (Å²) in [4.78, 5) is 13.9. The van der Waals surface area contributed by atoms with Crippen molar-refractivity contribution in [3.05, 3.63) is 0 Å². The Bertz CT molecular complexity index is 241. The van der Waals surface area contributed by atoms with Crippen LogP contribution in [-0.4, -0.2) is 41.1 Å². The Morgan fingerprint density at radius 3 is 2.81 bits per heavy atom. The van der Waals surface area contributed by atoms with E-state index in [1.807, 2.05) is 0 Å². The first-order valence-electron chi connectivity index (χ1n) is 6.21. The molecule has 0 radical (unpaired) electrons. The van der Waals surface area contributed by atoms with Gasteiger partial charge in [0, 0.05) is 19.6 Å². The van der Waals surface area contributed by atoms with E-state index in [4.69, 9.17) is 5.73 Å². The summed E-state index contributed by atoms with van der Waals surface area (Å²) in [7, 11) is 0. The molecule has 4 nitrogen and oxygen atoms in total. The van der Waals surface area contributed by atoms with E-state index in [9.17, 15) is 9.90 Å². The van der Waals surface area contributed by atoms with E-state index in [1.165, 1.54) is 0 Å². The molecule has 1 heterocycles. The third-order valence-electron chi connectivity index (χ3n) is 3.26. The molecule has 0 aromatic rings. The number of hydrogen-bond acceptors (Lipinski definition) is 3. The summed E-state index contributed by atoms with van der Waals surface area (Å²) in [6.07, 6.45) is 3.46. The van der Waals surface area contributed by atoms with Gasteiger partial charge in [-0.3, -0.25) is 4.79 Å². The summed E-state index contributed by atoms with van der Waals surface area (Å²) in [6, 6.07) is 0. The van der Waals surface area contributed by atoms with Gasteiger partial charge in [0.2, 0.25) is 5.91 Å². The number of nitrogens with zero attached hydrogens (tertiary/aromatic N) is 1. The van der Waals surface area contributed by atoms with Gasteiger partial charge >= 0.3 is 0 Å². The van der Waals surface area contributed by atoms with Crippen molar-refractivity contribution in [2.24, 2.45) is 11.7 Å². The molecular weight excluding hydrogens is 204 g/mol. The molecule has 2 atom stereocenters. The lowest BCUT2D eigenvalue weighted by Gasteiger charge is -2.38. The number of rotatable bonds is 4. The molecule has 1 aliphatic heterocycles. The van der Waals surface area contributed by atoms with Crippen LogP contribution in [0.4, 0.5) is 0 Å². The van der Waals surface area contributed by atoms with Gasteiger partial charge in [0.1, 0.15) is 0 Å². The van der Waals surface area contributed by atoms with Crippen LogP contribution in [0.1, 0.15) is 39.5 Å². The van der Waals surface area contributed by atoms with E-state index in [1.54, 1.807) is 11.8 Å². The molecule has 1 amide bonds. The molecule has 1 aliphatic rings. The third kappa shape index (κ3) is 3.46. The summed E-state index contributed by atoms with van der Waals surface area (Å²) in [5, 5.41) is 9.95. The smallest absolute Gasteiger partial charge is 0.227 e. The molecule has 4 heteroatoms. The van der Waals surface area contributed by atoms with E-state index in [0.717, 1.165) is 32.2 Å². The maximum Gasteiger partial charge on any atom is 0.227 e. The SMILES string of the molecule is CCCC(CN)C(=O)N1CCCC(C)(O)C1. The Hall–Kier alpha value is -0.610. The topological polar surface area (TPSA) is 66.6 Å². The molecule has 0 spiro atoms. The Balaban J connectivity index is 2.58. The number of hydrogen-bond donors (Lipinski definition) is 2. The van der Waals surface area contributed by atoms with Crippen LogP contribution < -0.4 is 5.73 Å². The first-order valence-corrected chi connectivity index (χ1v) is 6.21. The number of amides is 1. The molecule has 2 unspecified atom stereocenters. The van der Waals surface area contributed by atoms with Crippen LogP contribution in [0.15, 0.2) is 0 Å². The minimum absolute atomic E-state index is 0.0705. The number of nitrogens with two attached hydrogens (primary N) is 1. The molecule has 0 aromatic carbocycles. The maximum absolute atomic E-state index is 12.1. The lowest BCUT2D eigenvalue weighted by atomic mass is 9.93. The quantitative estimate of drug-likeness (QED) is 0.745. The van der Waals surface area contributed by atoms with E-state index in [-0.39, 0.29) is 11.8 Å². The van der Waals surface area contributed by atoms with E-state index < -0.39 is 5.60 Å². The zero-order valence-electron chi connectivity index (χ0n) is 10.4. The van der Waals surface area contributed by atoms with Crippen molar-refractivity contribution < 1.29 is 9.90 Å². The molecule has 1 saturated heterocycles. The summed E-state index contributed by atoms with van der Waals surface area (Å²) in [5.41, 5.74) is 4.90. The first-order chi connectivity index (χ1) is 7.50. The fourth-order valence-corrected chi connectivity index (χ4v) is 2.36. The molecule has 1 rings (SSSR count). The molecule has 3 N–H and O–H groups in total. The van der Waals surface area contributed by atoms with Crippen molar-refractivity contribution in [1.29, 1.82) is 0 Å². The molecule has 16 heavy (non-hydrogen) atoms. The third-order valence-corrected chi connectivity index (χ3v) is 3.26. The Kier molecular flexibility index (Phi) is 4.74. The Morgan fingerprint density at radius 1 is 1.62 bits per heavy atom.